The lowest BCUT2D eigenvalue weighted by atomic mass is 10.00. The monoisotopic (exact) mass is 494 g/mol. The van der Waals surface area contributed by atoms with Crippen molar-refractivity contribution in [1.29, 1.82) is 0 Å². The van der Waals surface area contributed by atoms with E-state index >= 15 is 0 Å². The van der Waals surface area contributed by atoms with Crippen molar-refractivity contribution in [3.8, 4) is 45.0 Å². The second kappa shape index (κ2) is 12.3. The molecule has 0 radical (unpaired) electrons. The average molecular weight is 495 g/mol. The summed E-state index contributed by atoms with van der Waals surface area (Å²) in [6.07, 6.45) is 8.12. The van der Waals surface area contributed by atoms with Crippen LogP contribution >= 0.6 is 0 Å². The van der Waals surface area contributed by atoms with Gasteiger partial charge in [0.05, 0.1) is 11.4 Å². The van der Waals surface area contributed by atoms with E-state index in [1.807, 2.05) is 24.3 Å². The molecule has 0 spiro atoms. The first-order valence-corrected chi connectivity index (χ1v) is 13.6. The SMILES string of the molecule is C=Cc1ccc(-c2ccc(-c3cc(-c4ccc(CCCCCC)cc4)nc(-c4ccccc4)n3)cc2)cc1. The van der Waals surface area contributed by atoms with E-state index in [1.165, 1.54) is 42.4 Å². The van der Waals surface area contributed by atoms with Crippen molar-refractivity contribution in [1.82, 2.24) is 9.97 Å². The first-order valence-electron chi connectivity index (χ1n) is 13.6. The fourth-order valence-corrected chi connectivity index (χ4v) is 4.70. The lowest BCUT2D eigenvalue weighted by molar-refractivity contribution is 0.667. The highest BCUT2D eigenvalue weighted by Gasteiger charge is 2.11. The van der Waals surface area contributed by atoms with Gasteiger partial charge >= 0.3 is 0 Å². The first kappa shape index (κ1) is 25.4. The van der Waals surface area contributed by atoms with Gasteiger partial charge in [-0.2, -0.15) is 0 Å². The van der Waals surface area contributed by atoms with Crippen molar-refractivity contribution < 1.29 is 0 Å². The van der Waals surface area contributed by atoms with Gasteiger partial charge in [0.1, 0.15) is 0 Å². The molecule has 2 nitrogen and oxygen atoms in total. The van der Waals surface area contributed by atoms with Crippen molar-refractivity contribution in [2.75, 3.05) is 0 Å². The molecule has 5 rings (SSSR count). The van der Waals surface area contributed by atoms with Gasteiger partial charge in [0, 0.05) is 16.7 Å². The second-order valence-electron chi connectivity index (χ2n) is 9.74. The van der Waals surface area contributed by atoms with Gasteiger partial charge in [-0.05, 0) is 41.2 Å². The third kappa shape index (κ3) is 6.15. The number of nitrogens with zero attached hydrogens (tertiary/aromatic N) is 2. The molecule has 0 unspecified atom stereocenters. The lowest BCUT2D eigenvalue weighted by Gasteiger charge is -2.11. The normalized spacial score (nSPS) is 10.9. The molecule has 0 bridgehead atoms. The summed E-state index contributed by atoms with van der Waals surface area (Å²) < 4.78 is 0. The van der Waals surface area contributed by atoms with Gasteiger partial charge in [-0.1, -0.05) is 142 Å². The van der Waals surface area contributed by atoms with E-state index < -0.39 is 0 Å². The number of benzene rings is 4. The molecule has 1 heterocycles. The Labute approximate surface area is 226 Å². The number of unbranched alkanes of at least 4 members (excludes halogenated alkanes) is 3. The Bertz CT molecular complexity index is 1470. The van der Waals surface area contributed by atoms with Crippen molar-refractivity contribution in [2.45, 2.75) is 39.0 Å². The van der Waals surface area contributed by atoms with Crippen LogP contribution in [0, 0.1) is 0 Å². The Hall–Kier alpha value is -4.30. The van der Waals surface area contributed by atoms with Gasteiger partial charge in [-0.3, -0.25) is 0 Å². The van der Waals surface area contributed by atoms with E-state index in [2.05, 4.69) is 104 Å². The van der Waals surface area contributed by atoms with Crippen LogP contribution in [-0.4, -0.2) is 9.97 Å². The lowest BCUT2D eigenvalue weighted by Crippen LogP contribution is -1.96. The van der Waals surface area contributed by atoms with Crippen LogP contribution in [0.4, 0.5) is 0 Å². The molecule has 1 aromatic heterocycles. The highest BCUT2D eigenvalue weighted by Crippen LogP contribution is 2.29. The molecule has 2 heteroatoms. The number of rotatable bonds is 10. The van der Waals surface area contributed by atoms with E-state index in [1.54, 1.807) is 0 Å². The maximum Gasteiger partial charge on any atom is 0.160 e. The third-order valence-corrected chi connectivity index (χ3v) is 6.99. The van der Waals surface area contributed by atoms with Crippen LogP contribution in [0.25, 0.3) is 51.1 Å². The molecule has 0 aliphatic carbocycles. The van der Waals surface area contributed by atoms with Crippen LogP contribution in [-0.2, 0) is 6.42 Å². The highest BCUT2D eigenvalue weighted by molar-refractivity contribution is 5.74. The molecular weight excluding hydrogens is 460 g/mol. The van der Waals surface area contributed by atoms with Gasteiger partial charge in [0.15, 0.2) is 5.82 Å². The second-order valence-corrected chi connectivity index (χ2v) is 9.74. The van der Waals surface area contributed by atoms with Crippen molar-refractivity contribution in [3.63, 3.8) is 0 Å². The van der Waals surface area contributed by atoms with Crippen LogP contribution in [0.2, 0.25) is 0 Å². The molecule has 0 amide bonds. The van der Waals surface area contributed by atoms with Crippen LogP contribution in [0.1, 0.15) is 43.7 Å². The fourth-order valence-electron chi connectivity index (χ4n) is 4.70. The van der Waals surface area contributed by atoms with Crippen LogP contribution in [0.15, 0.2) is 116 Å². The summed E-state index contributed by atoms with van der Waals surface area (Å²) in [6, 6.07) is 38.3. The maximum atomic E-state index is 4.98. The van der Waals surface area contributed by atoms with Gasteiger partial charge in [0.2, 0.25) is 0 Å². The number of aryl methyl sites for hydroxylation is 1. The third-order valence-electron chi connectivity index (χ3n) is 6.99. The molecule has 5 aromatic rings. The largest absolute Gasteiger partial charge is 0.228 e. The Kier molecular flexibility index (Phi) is 8.20. The minimum Gasteiger partial charge on any atom is -0.228 e. The molecular formula is C36H34N2. The molecule has 0 saturated carbocycles. The first-order chi connectivity index (χ1) is 18.7. The van der Waals surface area contributed by atoms with Crippen LogP contribution in [0.3, 0.4) is 0 Å². The smallest absolute Gasteiger partial charge is 0.160 e. The summed E-state index contributed by atoms with van der Waals surface area (Å²) in [5.74, 6) is 0.742. The van der Waals surface area contributed by atoms with Gasteiger partial charge in [-0.25, -0.2) is 9.97 Å². The van der Waals surface area contributed by atoms with E-state index in [0.717, 1.165) is 45.9 Å². The molecule has 0 N–H and O–H groups in total. The Morgan fingerprint density at radius 2 is 1.13 bits per heavy atom. The molecule has 0 aliphatic heterocycles. The standard InChI is InChI=1S/C36H34N2/c1-3-5-6-8-11-28-16-20-31(21-17-28)34-26-35(38-36(37-34)33-12-9-7-10-13-33)32-24-22-30(23-25-32)29-18-14-27(4-2)15-19-29/h4,7,9-10,12-26H,2-3,5-6,8,11H2,1H3. The summed E-state index contributed by atoms with van der Waals surface area (Å²) in [5.41, 5.74) is 9.94. The molecule has 0 saturated heterocycles. The van der Waals surface area contributed by atoms with Crippen molar-refractivity contribution in [2.24, 2.45) is 0 Å². The zero-order chi connectivity index (χ0) is 26.2. The molecule has 0 aliphatic rings. The van der Waals surface area contributed by atoms with E-state index in [4.69, 9.17) is 9.97 Å². The van der Waals surface area contributed by atoms with E-state index in [-0.39, 0.29) is 0 Å². The summed E-state index contributed by atoms with van der Waals surface area (Å²) in [7, 11) is 0. The minimum absolute atomic E-state index is 0.742. The summed E-state index contributed by atoms with van der Waals surface area (Å²) >= 11 is 0. The zero-order valence-corrected chi connectivity index (χ0v) is 22.1. The summed E-state index contributed by atoms with van der Waals surface area (Å²) in [6.45, 7) is 6.10. The maximum absolute atomic E-state index is 4.98. The summed E-state index contributed by atoms with van der Waals surface area (Å²) in [5, 5.41) is 0. The molecule has 38 heavy (non-hydrogen) atoms. The van der Waals surface area contributed by atoms with Crippen LogP contribution in [0.5, 0.6) is 0 Å². The predicted molar refractivity (Wildman–Crippen MR) is 162 cm³/mol. The average Bonchev–Trinajstić information content (AvgIpc) is 3.00. The van der Waals surface area contributed by atoms with Gasteiger partial charge in [-0.15, -0.1) is 0 Å². The van der Waals surface area contributed by atoms with Crippen molar-refractivity contribution >= 4 is 6.08 Å². The zero-order valence-electron chi connectivity index (χ0n) is 22.1. The number of hydrogen-bond acceptors (Lipinski definition) is 2. The van der Waals surface area contributed by atoms with E-state index in [0.29, 0.717) is 0 Å². The molecule has 0 fully saturated rings. The van der Waals surface area contributed by atoms with Crippen LogP contribution < -0.4 is 0 Å². The quantitative estimate of drug-likeness (QED) is 0.181. The topological polar surface area (TPSA) is 25.8 Å². The fraction of sp³-hybridized carbons (Fsp3) is 0.167. The number of hydrogen-bond donors (Lipinski definition) is 0. The Morgan fingerprint density at radius 3 is 1.71 bits per heavy atom. The van der Waals surface area contributed by atoms with Gasteiger partial charge in [0.25, 0.3) is 0 Å². The molecule has 4 aromatic carbocycles. The molecule has 188 valence electrons. The Balaban J connectivity index is 1.46. The van der Waals surface area contributed by atoms with Gasteiger partial charge < -0.3 is 0 Å². The Morgan fingerprint density at radius 1 is 0.579 bits per heavy atom. The predicted octanol–water partition coefficient (Wildman–Crippen LogP) is 9.91. The van der Waals surface area contributed by atoms with E-state index in [9.17, 15) is 0 Å². The minimum atomic E-state index is 0.742. The molecule has 0 atom stereocenters. The summed E-state index contributed by atoms with van der Waals surface area (Å²) in [4.78, 5) is 9.96. The van der Waals surface area contributed by atoms with Crippen molar-refractivity contribution in [3.05, 3.63) is 127 Å². The number of aromatic nitrogens is 2. The highest BCUT2D eigenvalue weighted by atomic mass is 14.9.